The number of fused-ring (bicyclic) bond motifs is 2. The Balaban J connectivity index is 1.32. The lowest BCUT2D eigenvalue weighted by atomic mass is 10.1. The van der Waals surface area contributed by atoms with E-state index in [-0.39, 0.29) is 17.8 Å². The molecule has 8 heteroatoms. The standard InChI is InChI=1S/C24H24FN5O2/c1-15(23-27-20-5-3-16(24(31)32-2)13-21(20)28-23)29-9-11-30(12-10-29)22-7-8-26-19-6-4-17(25)14-18(19)22/h3-8,13-15H,9-12H2,1-2H3,(H,27,28)/t15-/m1/s1. The Morgan fingerprint density at radius 2 is 1.88 bits per heavy atom. The van der Waals surface area contributed by atoms with Gasteiger partial charge in [0.05, 0.1) is 35.3 Å². The van der Waals surface area contributed by atoms with Crippen LogP contribution >= 0.6 is 0 Å². The quantitative estimate of drug-likeness (QED) is 0.492. The SMILES string of the molecule is COC(=O)c1ccc2nc([C@@H](C)N3CCN(c4ccnc5ccc(F)cc45)CC3)[nH]c2c1. The third kappa shape index (κ3) is 3.67. The van der Waals surface area contributed by atoms with E-state index in [2.05, 4.69) is 26.7 Å². The molecule has 0 saturated carbocycles. The summed E-state index contributed by atoms with van der Waals surface area (Å²) in [6.07, 6.45) is 1.78. The fourth-order valence-corrected chi connectivity index (χ4v) is 4.37. The highest BCUT2D eigenvalue weighted by atomic mass is 19.1. The van der Waals surface area contributed by atoms with Gasteiger partial charge in [0.25, 0.3) is 0 Å². The van der Waals surface area contributed by atoms with Crippen LogP contribution in [-0.2, 0) is 4.74 Å². The molecule has 164 valence electrons. The topological polar surface area (TPSA) is 74.3 Å². The highest BCUT2D eigenvalue weighted by molar-refractivity contribution is 5.93. The summed E-state index contributed by atoms with van der Waals surface area (Å²) >= 11 is 0. The third-order valence-electron chi connectivity index (χ3n) is 6.20. The second-order valence-corrected chi connectivity index (χ2v) is 8.04. The lowest BCUT2D eigenvalue weighted by Gasteiger charge is -2.38. The van der Waals surface area contributed by atoms with Gasteiger partial charge in [0, 0.05) is 43.4 Å². The van der Waals surface area contributed by atoms with E-state index in [1.807, 2.05) is 12.1 Å². The molecule has 2 aromatic carbocycles. The van der Waals surface area contributed by atoms with Crippen molar-refractivity contribution in [2.75, 3.05) is 38.2 Å². The molecule has 1 aliphatic rings. The van der Waals surface area contributed by atoms with Crippen molar-refractivity contribution in [2.24, 2.45) is 0 Å². The maximum atomic E-state index is 13.8. The average molecular weight is 433 g/mol. The van der Waals surface area contributed by atoms with Crippen molar-refractivity contribution in [3.63, 3.8) is 0 Å². The molecule has 5 rings (SSSR count). The zero-order valence-electron chi connectivity index (χ0n) is 18.0. The van der Waals surface area contributed by atoms with Crippen LogP contribution in [0.4, 0.5) is 10.1 Å². The van der Waals surface area contributed by atoms with Crippen LogP contribution < -0.4 is 4.90 Å². The summed E-state index contributed by atoms with van der Waals surface area (Å²) in [5.74, 6) is 0.252. The molecule has 2 aromatic heterocycles. The number of nitrogens with zero attached hydrogens (tertiary/aromatic N) is 4. The smallest absolute Gasteiger partial charge is 0.337 e. The van der Waals surface area contributed by atoms with Gasteiger partial charge in [-0.05, 0) is 49.4 Å². The minimum Gasteiger partial charge on any atom is -0.465 e. The normalized spacial score (nSPS) is 15.9. The summed E-state index contributed by atoms with van der Waals surface area (Å²) in [5.41, 5.74) is 3.95. The first-order valence-electron chi connectivity index (χ1n) is 10.6. The van der Waals surface area contributed by atoms with Crippen LogP contribution in [0, 0.1) is 5.82 Å². The largest absolute Gasteiger partial charge is 0.465 e. The number of hydrogen-bond donors (Lipinski definition) is 1. The zero-order chi connectivity index (χ0) is 22.2. The molecule has 32 heavy (non-hydrogen) atoms. The summed E-state index contributed by atoms with van der Waals surface area (Å²) in [5, 5.41) is 0.840. The number of halogens is 1. The lowest BCUT2D eigenvalue weighted by Crippen LogP contribution is -2.47. The number of carbonyl (C=O) groups excluding carboxylic acids is 1. The Morgan fingerprint density at radius 3 is 2.66 bits per heavy atom. The molecule has 0 amide bonds. The van der Waals surface area contributed by atoms with Gasteiger partial charge in [-0.2, -0.15) is 0 Å². The summed E-state index contributed by atoms with van der Waals surface area (Å²) in [4.78, 5) is 28.9. The van der Waals surface area contributed by atoms with Crippen molar-refractivity contribution < 1.29 is 13.9 Å². The summed E-state index contributed by atoms with van der Waals surface area (Å²) in [6, 6.07) is 12.1. The monoisotopic (exact) mass is 433 g/mol. The number of rotatable bonds is 4. The number of benzene rings is 2. The van der Waals surface area contributed by atoms with Crippen molar-refractivity contribution in [3.8, 4) is 0 Å². The van der Waals surface area contributed by atoms with Crippen LogP contribution in [0.1, 0.15) is 29.1 Å². The van der Waals surface area contributed by atoms with Gasteiger partial charge in [0.15, 0.2) is 0 Å². The van der Waals surface area contributed by atoms with Gasteiger partial charge in [-0.15, -0.1) is 0 Å². The average Bonchev–Trinajstić information content (AvgIpc) is 3.26. The highest BCUT2D eigenvalue weighted by Gasteiger charge is 2.25. The lowest BCUT2D eigenvalue weighted by molar-refractivity contribution is 0.0601. The predicted molar refractivity (Wildman–Crippen MR) is 121 cm³/mol. The molecule has 1 aliphatic heterocycles. The van der Waals surface area contributed by atoms with Gasteiger partial charge in [-0.1, -0.05) is 0 Å². The molecule has 0 spiro atoms. The van der Waals surface area contributed by atoms with Crippen molar-refractivity contribution in [3.05, 3.63) is 65.9 Å². The third-order valence-corrected chi connectivity index (χ3v) is 6.20. The number of pyridine rings is 1. The number of hydrogen-bond acceptors (Lipinski definition) is 6. The number of carbonyl (C=O) groups is 1. The van der Waals surface area contributed by atoms with Gasteiger partial charge in [0.1, 0.15) is 11.6 Å². The van der Waals surface area contributed by atoms with Crippen LogP contribution in [0.5, 0.6) is 0 Å². The fraction of sp³-hybridized carbons (Fsp3) is 0.292. The van der Waals surface area contributed by atoms with E-state index in [1.54, 1.807) is 30.5 Å². The minimum atomic E-state index is -0.365. The number of H-pyrrole nitrogens is 1. The second-order valence-electron chi connectivity index (χ2n) is 8.04. The zero-order valence-corrected chi connectivity index (χ0v) is 18.0. The Kier molecular flexibility index (Phi) is 5.22. The first-order valence-corrected chi connectivity index (χ1v) is 10.6. The Bertz CT molecular complexity index is 1300. The Morgan fingerprint density at radius 1 is 1.09 bits per heavy atom. The number of methoxy groups -OCH3 is 1. The summed E-state index contributed by atoms with van der Waals surface area (Å²) in [7, 11) is 1.37. The van der Waals surface area contributed by atoms with E-state index >= 15 is 0 Å². The molecule has 3 heterocycles. The molecule has 1 atom stereocenters. The molecular formula is C24H24FN5O2. The van der Waals surface area contributed by atoms with E-state index in [1.165, 1.54) is 13.2 Å². The highest BCUT2D eigenvalue weighted by Crippen LogP contribution is 2.29. The Hall–Kier alpha value is -3.52. The molecule has 4 aromatic rings. The van der Waals surface area contributed by atoms with Gasteiger partial charge >= 0.3 is 5.97 Å². The molecule has 0 bridgehead atoms. The first-order chi connectivity index (χ1) is 15.5. The van der Waals surface area contributed by atoms with E-state index in [0.29, 0.717) is 5.56 Å². The van der Waals surface area contributed by atoms with Crippen LogP contribution in [0.25, 0.3) is 21.9 Å². The fourth-order valence-electron chi connectivity index (χ4n) is 4.37. The van der Waals surface area contributed by atoms with E-state index in [4.69, 9.17) is 9.72 Å². The van der Waals surface area contributed by atoms with E-state index in [9.17, 15) is 9.18 Å². The molecule has 1 saturated heterocycles. The van der Waals surface area contributed by atoms with Gasteiger partial charge in [0.2, 0.25) is 0 Å². The van der Waals surface area contributed by atoms with Crippen LogP contribution in [0.15, 0.2) is 48.7 Å². The number of aromatic amines is 1. The molecule has 0 unspecified atom stereocenters. The number of anilines is 1. The molecule has 7 nitrogen and oxygen atoms in total. The van der Waals surface area contributed by atoms with Gasteiger partial charge in [-0.25, -0.2) is 14.2 Å². The van der Waals surface area contributed by atoms with Crippen molar-refractivity contribution in [1.82, 2.24) is 19.9 Å². The molecule has 1 fully saturated rings. The van der Waals surface area contributed by atoms with Crippen molar-refractivity contribution >= 4 is 33.6 Å². The van der Waals surface area contributed by atoms with Gasteiger partial charge < -0.3 is 14.6 Å². The minimum absolute atomic E-state index is 0.0951. The number of imidazole rings is 1. The summed E-state index contributed by atoms with van der Waals surface area (Å²) in [6.45, 7) is 5.49. The molecular weight excluding hydrogens is 409 g/mol. The number of nitrogens with one attached hydrogen (secondary N) is 1. The number of piperazine rings is 1. The molecule has 0 radical (unpaired) electrons. The van der Waals surface area contributed by atoms with Crippen molar-refractivity contribution in [2.45, 2.75) is 13.0 Å². The van der Waals surface area contributed by atoms with Gasteiger partial charge in [-0.3, -0.25) is 9.88 Å². The maximum Gasteiger partial charge on any atom is 0.337 e. The van der Waals surface area contributed by atoms with Crippen LogP contribution in [0.3, 0.4) is 0 Å². The number of aromatic nitrogens is 3. The van der Waals surface area contributed by atoms with Crippen molar-refractivity contribution in [1.29, 1.82) is 0 Å². The predicted octanol–water partition coefficient (Wildman–Crippen LogP) is 3.92. The van der Waals surface area contributed by atoms with Crippen LogP contribution in [-0.4, -0.2) is 59.1 Å². The molecule has 0 aliphatic carbocycles. The van der Waals surface area contributed by atoms with E-state index < -0.39 is 0 Å². The second kappa shape index (κ2) is 8.20. The Labute approximate surface area is 184 Å². The molecule has 1 N–H and O–H groups in total. The number of esters is 1. The van der Waals surface area contributed by atoms with Crippen LogP contribution in [0.2, 0.25) is 0 Å². The number of ether oxygens (including phenoxy) is 1. The maximum absolute atomic E-state index is 13.8. The summed E-state index contributed by atoms with van der Waals surface area (Å²) < 4.78 is 18.6. The first kappa shape index (κ1) is 20.4. The van der Waals surface area contributed by atoms with E-state index in [0.717, 1.165) is 59.6 Å².